The first-order chi connectivity index (χ1) is 15.9. The van der Waals surface area contributed by atoms with Gasteiger partial charge < -0.3 is 24.3 Å². The van der Waals surface area contributed by atoms with Gasteiger partial charge in [-0.05, 0) is 65.6 Å². The molecular weight excluding hydrogens is 430 g/mol. The van der Waals surface area contributed by atoms with Gasteiger partial charge in [-0.15, -0.1) is 0 Å². The summed E-state index contributed by atoms with van der Waals surface area (Å²) in [7, 11) is 0. The van der Waals surface area contributed by atoms with Crippen molar-refractivity contribution in [2.24, 2.45) is 0 Å². The minimum absolute atomic E-state index is 0.211. The molecule has 0 unspecified atom stereocenters. The van der Waals surface area contributed by atoms with Crippen LogP contribution in [0.2, 0.25) is 0 Å². The first-order valence-corrected chi connectivity index (χ1v) is 10.1. The van der Waals surface area contributed by atoms with Crippen LogP contribution >= 0.6 is 0 Å². The van der Waals surface area contributed by atoms with Gasteiger partial charge in [0.1, 0.15) is 24.3 Å². The third-order valence-electron chi connectivity index (χ3n) is 5.05. The van der Waals surface area contributed by atoms with Crippen LogP contribution in [0.1, 0.15) is 12.5 Å². The Labute approximate surface area is 187 Å². The van der Waals surface area contributed by atoms with Crippen LogP contribution in [0.4, 0.5) is 5.82 Å². The van der Waals surface area contributed by atoms with Gasteiger partial charge in [0.15, 0.2) is 5.60 Å². The summed E-state index contributed by atoms with van der Waals surface area (Å²) >= 11 is 0. The SMILES string of the molecule is Cc1ccc(Oc2nnnn2-c2ccc(OC[C@@]3(C)Cn4cc([N+](=O)[O-])nc4O3)cc2)cc1. The highest BCUT2D eigenvalue weighted by molar-refractivity contribution is 5.38. The van der Waals surface area contributed by atoms with Gasteiger partial charge in [-0.1, -0.05) is 22.8 Å². The van der Waals surface area contributed by atoms with Gasteiger partial charge in [0.25, 0.3) is 0 Å². The average molecular weight is 449 g/mol. The zero-order chi connectivity index (χ0) is 23.0. The van der Waals surface area contributed by atoms with E-state index < -0.39 is 10.5 Å². The predicted molar refractivity (Wildman–Crippen MR) is 114 cm³/mol. The number of benzene rings is 2. The zero-order valence-electron chi connectivity index (χ0n) is 17.8. The van der Waals surface area contributed by atoms with Crippen molar-refractivity contribution < 1.29 is 19.1 Å². The van der Waals surface area contributed by atoms with Gasteiger partial charge in [0.05, 0.1) is 12.2 Å². The molecule has 1 aliphatic heterocycles. The van der Waals surface area contributed by atoms with Crippen LogP contribution in [-0.2, 0) is 6.54 Å². The van der Waals surface area contributed by atoms with Gasteiger partial charge >= 0.3 is 17.8 Å². The second kappa shape index (κ2) is 7.89. The normalized spacial score (nSPS) is 16.8. The van der Waals surface area contributed by atoms with Crippen molar-refractivity contribution in [3.8, 4) is 29.2 Å². The second-order valence-electron chi connectivity index (χ2n) is 7.89. The molecule has 0 aliphatic carbocycles. The molecule has 0 fully saturated rings. The number of hydrogen-bond donors (Lipinski definition) is 0. The number of hydrogen-bond acceptors (Lipinski definition) is 9. The number of tetrazole rings is 1. The maximum atomic E-state index is 10.8. The topological polar surface area (TPSA) is 132 Å². The van der Waals surface area contributed by atoms with Crippen molar-refractivity contribution in [3.63, 3.8) is 0 Å². The first-order valence-electron chi connectivity index (χ1n) is 10.1. The number of ether oxygens (including phenoxy) is 3. The highest BCUT2D eigenvalue weighted by Gasteiger charge is 2.41. The van der Waals surface area contributed by atoms with Crippen LogP contribution < -0.4 is 14.2 Å². The second-order valence-corrected chi connectivity index (χ2v) is 7.89. The smallest absolute Gasteiger partial charge is 0.415 e. The monoisotopic (exact) mass is 449 g/mol. The lowest BCUT2D eigenvalue weighted by Crippen LogP contribution is -2.38. The van der Waals surface area contributed by atoms with Crippen molar-refractivity contribution in [1.82, 2.24) is 29.8 Å². The van der Waals surface area contributed by atoms with E-state index in [-0.39, 0.29) is 24.4 Å². The van der Waals surface area contributed by atoms with E-state index in [1.165, 1.54) is 10.9 Å². The van der Waals surface area contributed by atoms with Gasteiger partial charge in [-0.3, -0.25) is 4.57 Å². The van der Waals surface area contributed by atoms with E-state index in [0.717, 1.165) is 5.56 Å². The largest absolute Gasteiger partial charge is 0.489 e. The lowest BCUT2D eigenvalue weighted by Gasteiger charge is -2.22. The highest BCUT2D eigenvalue weighted by Crippen LogP contribution is 2.31. The molecular formula is C21H19N7O5. The van der Waals surface area contributed by atoms with Gasteiger partial charge in [-0.2, -0.15) is 4.68 Å². The molecule has 33 heavy (non-hydrogen) atoms. The van der Waals surface area contributed by atoms with Gasteiger partial charge in [-0.25, -0.2) is 0 Å². The predicted octanol–water partition coefficient (Wildman–Crippen LogP) is 3.10. The molecule has 0 bridgehead atoms. The molecule has 2 aromatic heterocycles. The standard InChI is InChI=1S/C21H19N7O5/c1-14-3-7-17(8-4-14)32-20-23-24-25-27(20)15-5-9-16(10-6-15)31-13-21(2)12-26-11-18(28(29)30)22-19(26)33-21/h3-11H,12-13H2,1-2H3/t21-/m1/s1. The fraction of sp³-hybridized carbons (Fsp3) is 0.238. The molecule has 3 heterocycles. The molecule has 0 N–H and O–H groups in total. The fourth-order valence-corrected chi connectivity index (χ4v) is 3.39. The Bertz CT molecular complexity index is 1270. The number of fused-ring (bicyclic) bond motifs is 1. The number of nitro groups is 1. The summed E-state index contributed by atoms with van der Waals surface area (Å²) < 4.78 is 20.6. The summed E-state index contributed by atoms with van der Waals surface area (Å²) in [6.07, 6.45) is 1.36. The average Bonchev–Trinajstić information content (AvgIpc) is 3.48. The Balaban J connectivity index is 1.23. The maximum absolute atomic E-state index is 10.8. The van der Waals surface area contributed by atoms with E-state index in [1.54, 1.807) is 28.8 Å². The molecule has 0 spiro atoms. The van der Waals surface area contributed by atoms with Crippen molar-refractivity contribution in [2.45, 2.75) is 26.0 Å². The number of aromatic nitrogens is 6. The molecule has 0 saturated carbocycles. The van der Waals surface area contributed by atoms with Crippen LogP contribution in [0, 0.1) is 17.0 Å². The lowest BCUT2D eigenvalue weighted by atomic mass is 10.1. The molecule has 12 nitrogen and oxygen atoms in total. The quantitative estimate of drug-likeness (QED) is 0.308. The van der Waals surface area contributed by atoms with Crippen LogP contribution in [0.5, 0.6) is 23.5 Å². The van der Waals surface area contributed by atoms with Crippen LogP contribution in [0.3, 0.4) is 0 Å². The Morgan fingerprint density at radius 2 is 1.88 bits per heavy atom. The molecule has 0 radical (unpaired) electrons. The number of rotatable bonds is 7. The van der Waals surface area contributed by atoms with E-state index in [9.17, 15) is 10.1 Å². The van der Waals surface area contributed by atoms with Crippen LogP contribution in [0.15, 0.2) is 54.7 Å². The summed E-state index contributed by atoms with van der Waals surface area (Å²) in [6, 6.07) is 15.2. The summed E-state index contributed by atoms with van der Waals surface area (Å²) in [5.74, 6) is 1.01. The molecule has 5 rings (SSSR count). The maximum Gasteiger partial charge on any atom is 0.415 e. The van der Waals surface area contributed by atoms with Crippen molar-refractivity contribution in [3.05, 3.63) is 70.4 Å². The van der Waals surface area contributed by atoms with E-state index >= 15 is 0 Å². The van der Waals surface area contributed by atoms with E-state index in [0.29, 0.717) is 23.7 Å². The summed E-state index contributed by atoms with van der Waals surface area (Å²) in [5.41, 5.74) is 1.13. The Kier molecular flexibility index (Phi) is 4.89. The van der Waals surface area contributed by atoms with Gasteiger partial charge in [0, 0.05) is 4.98 Å². The number of imidazole rings is 1. The molecule has 168 valence electrons. The Morgan fingerprint density at radius 1 is 1.15 bits per heavy atom. The molecule has 0 saturated heterocycles. The summed E-state index contributed by atoms with van der Waals surface area (Å²) in [6.45, 7) is 4.48. The molecule has 1 aliphatic rings. The zero-order valence-corrected chi connectivity index (χ0v) is 17.8. The molecule has 4 aromatic rings. The van der Waals surface area contributed by atoms with Gasteiger partial charge in [0.2, 0.25) is 0 Å². The molecule has 1 atom stereocenters. The van der Waals surface area contributed by atoms with Crippen LogP contribution in [0.25, 0.3) is 5.69 Å². The fourth-order valence-electron chi connectivity index (χ4n) is 3.39. The van der Waals surface area contributed by atoms with Crippen LogP contribution in [-0.4, -0.2) is 46.9 Å². The number of nitrogens with zero attached hydrogens (tertiary/aromatic N) is 7. The number of aryl methyl sites for hydroxylation is 1. The summed E-state index contributed by atoms with van der Waals surface area (Å²) in [5, 5.41) is 22.5. The third kappa shape index (κ3) is 4.18. The van der Waals surface area contributed by atoms with Crippen molar-refractivity contribution in [1.29, 1.82) is 0 Å². The Morgan fingerprint density at radius 3 is 2.58 bits per heavy atom. The summed E-state index contributed by atoms with van der Waals surface area (Å²) in [4.78, 5) is 14.2. The lowest BCUT2D eigenvalue weighted by molar-refractivity contribution is -0.389. The van der Waals surface area contributed by atoms with Crippen molar-refractivity contribution >= 4 is 5.82 Å². The molecule has 12 heteroatoms. The highest BCUT2D eigenvalue weighted by atomic mass is 16.6. The van der Waals surface area contributed by atoms with Crippen molar-refractivity contribution in [2.75, 3.05) is 6.61 Å². The first kappa shape index (κ1) is 20.4. The minimum atomic E-state index is -0.693. The molecule has 2 aromatic carbocycles. The van der Waals surface area contributed by atoms with E-state index in [2.05, 4.69) is 20.5 Å². The molecule has 0 amide bonds. The minimum Gasteiger partial charge on any atom is -0.489 e. The Hall–Kier alpha value is -4.48. The van der Waals surface area contributed by atoms with E-state index in [4.69, 9.17) is 14.2 Å². The third-order valence-corrected chi connectivity index (χ3v) is 5.05. The van der Waals surface area contributed by atoms with E-state index in [1.807, 2.05) is 38.1 Å².